The van der Waals surface area contributed by atoms with E-state index in [4.69, 9.17) is 4.74 Å². The molecule has 4 rings (SSSR count). The van der Waals surface area contributed by atoms with Crippen LogP contribution in [0.3, 0.4) is 0 Å². The average Bonchev–Trinajstić information content (AvgIpc) is 3.10. The van der Waals surface area contributed by atoms with Crippen LogP contribution >= 0.6 is 0 Å². The SMILES string of the molecule is COc1ccccc1[C@@H]1CN=N[C@]12Cc1ccccc1C2=O. The first-order valence-corrected chi connectivity index (χ1v) is 7.40. The average molecular weight is 292 g/mol. The van der Waals surface area contributed by atoms with E-state index in [0.717, 1.165) is 22.4 Å². The van der Waals surface area contributed by atoms with Gasteiger partial charge in [0.15, 0.2) is 11.3 Å². The zero-order chi connectivity index (χ0) is 15.2. The second-order valence-corrected chi connectivity index (χ2v) is 5.81. The van der Waals surface area contributed by atoms with Gasteiger partial charge in [-0.15, -0.1) is 0 Å². The fourth-order valence-corrected chi connectivity index (χ4v) is 3.64. The normalized spacial score (nSPS) is 25.7. The quantitative estimate of drug-likeness (QED) is 0.851. The summed E-state index contributed by atoms with van der Waals surface area (Å²) in [6.07, 6.45) is 0.619. The molecule has 2 aromatic rings. The van der Waals surface area contributed by atoms with Crippen LogP contribution in [0.1, 0.15) is 27.4 Å². The first kappa shape index (κ1) is 13.2. The summed E-state index contributed by atoms with van der Waals surface area (Å²) in [5.74, 6) is 0.812. The Labute approximate surface area is 128 Å². The van der Waals surface area contributed by atoms with E-state index >= 15 is 0 Å². The van der Waals surface area contributed by atoms with Gasteiger partial charge in [0.2, 0.25) is 0 Å². The smallest absolute Gasteiger partial charge is 0.193 e. The standard InChI is InChI=1S/C18H16N2O2/c1-22-16-9-5-4-8-14(16)15-11-19-20-18(15)10-12-6-2-3-7-13(12)17(18)21/h2-9,15H,10-11H2,1H3/t15-,18+/m0/s1. The summed E-state index contributed by atoms with van der Waals surface area (Å²) in [5.41, 5.74) is 2.06. The highest BCUT2D eigenvalue weighted by atomic mass is 16.5. The summed E-state index contributed by atoms with van der Waals surface area (Å²) in [5, 5.41) is 8.65. The lowest BCUT2D eigenvalue weighted by molar-refractivity contribution is 0.0897. The Balaban J connectivity index is 1.83. The van der Waals surface area contributed by atoms with Crippen molar-refractivity contribution < 1.29 is 9.53 Å². The van der Waals surface area contributed by atoms with E-state index in [0.29, 0.717) is 13.0 Å². The van der Waals surface area contributed by atoms with Crippen molar-refractivity contribution in [3.8, 4) is 5.75 Å². The molecule has 4 nitrogen and oxygen atoms in total. The van der Waals surface area contributed by atoms with Crippen LogP contribution in [0.2, 0.25) is 0 Å². The minimum atomic E-state index is -0.793. The number of ketones is 1. The molecule has 1 aliphatic carbocycles. The lowest BCUT2D eigenvalue weighted by atomic mass is 9.77. The fraction of sp³-hybridized carbons (Fsp3) is 0.278. The monoisotopic (exact) mass is 292 g/mol. The molecule has 110 valence electrons. The van der Waals surface area contributed by atoms with Gasteiger partial charge >= 0.3 is 0 Å². The molecule has 0 N–H and O–H groups in total. The molecule has 0 unspecified atom stereocenters. The topological polar surface area (TPSA) is 51.0 Å². The molecule has 0 aromatic heterocycles. The van der Waals surface area contributed by atoms with Gasteiger partial charge in [-0.05, 0) is 11.6 Å². The molecule has 0 saturated heterocycles. The van der Waals surface area contributed by atoms with Crippen LogP contribution in [0.25, 0.3) is 0 Å². The summed E-state index contributed by atoms with van der Waals surface area (Å²) in [4.78, 5) is 13.0. The van der Waals surface area contributed by atoms with Gasteiger partial charge in [-0.1, -0.05) is 42.5 Å². The molecule has 0 saturated carbocycles. The molecule has 22 heavy (non-hydrogen) atoms. The summed E-state index contributed by atoms with van der Waals surface area (Å²) in [6, 6.07) is 15.6. The van der Waals surface area contributed by atoms with E-state index in [1.54, 1.807) is 7.11 Å². The molecular formula is C18H16N2O2. The van der Waals surface area contributed by atoms with E-state index in [1.165, 1.54) is 0 Å². The third-order valence-corrected chi connectivity index (χ3v) is 4.72. The first-order valence-electron chi connectivity index (χ1n) is 7.40. The van der Waals surface area contributed by atoms with E-state index < -0.39 is 5.54 Å². The molecule has 0 amide bonds. The third kappa shape index (κ3) is 1.67. The minimum absolute atomic E-state index is 0.0662. The van der Waals surface area contributed by atoms with Crippen LogP contribution < -0.4 is 4.74 Å². The van der Waals surface area contributed by atoms with Crippen LogP contribution in [0.15, 0.2) is 58.8 Å². The highest BCUT2D eigenvalue weighted by Crippen LogP contribution is 2.48. The predicted molar refractivity (Wildman–Crippen MR) is 82.7 cm³/mol. The van der Waals surface area contributed by atoms with Crippen LogP contribution in [0.4, 0.5) is 0 Å². The van der Waals surface area contributed by atoms with Crippen molar-refractivity contribution in [2.75, 3.05) is 13.7 Å². The lowest BCUT2D eigenvalue weighted by Crippen LogP contribution is -2.39. The molecule has 2 aliphatic rings. The highest BCUT2D eigenvalue weighted by molar-refractivity contribution is 6.08. The Morgan fingerprint density at radius 1 is 1.14 bits per heavy atom. The highest BCUT2D eigenvalue weighted by Gasteiger charge is 2.55. The maximum Gasteiger partial charge on any atom is 0.193 e. The molecule has 1 spiro atoms. The van der Waals surface area contributed by atoms with Gasteiger partial charge in [-0.2, -0.15) is 10.2 Å². The molecule has 2 atom stereocenters. The van der Waals surface area contributed by atoms with Crippen LogP contribution in [0.5, 0.6) is 5.75 Å². The Hall–Kier alpha value is -2.49. The van der Waals surface area contributed by atoms with Crippen molar-refractivity contribution >= 4 is 5.78 Å². The molecule has 0 fully saturated rings. The Morgan fingerprint density at radius 2 is 1.91 bits per heavy atom. The van der Waals surface area contributed by atoms with E-state index in [1.807, 2.05) is 48.5 Å². The number of azo groups is 1. The largest absolute Gasteiger partial charge is 0.496 e. The number of nitrogens with zero attached hydrogens (tertiary/aromatic N) is 2. The Morgan fingerprint density at radius 3 is 2.73 bits per heavy atom. The van der Waals surface area contributed by atoms with Gasteiger partial charge < -0.3 is 4.74 Å². The van der Waals surface area contributed by atoms with E-state index in [-0.39, 0.29) is 11.7 Å². The third-order valence-electron chi connectivity index (χ3n) is 4.72. The predicted octanol–water partition coefficient (Wildman–Crippen LogP) is 3.42. The molecule has 1 heterocycles. The van der Waals surface area contributed by atoms with E-state index in [9.17, 15) is 4.79 Å². The van der Waals surface area contributed by atoms with Crippen molar-refractivity contribution in [3.05, 3.63) is 65.2 Å². The maximum atomic E-state index is 13.0. The number of fused-ring (bicyclic) bond motifs is 1. The number of hydrogen-bond acceptors (Lipinski definition) is 4. The number of rotatable bonds is 2. The van der Waals surface area contributed by atoms with Crippen LogP contribution in [0, 0.1) is 0 Å². The molecule has 0 bridgehead atoms. The van der Waals surface area contributed by atoms with Gasteiger partial charge in [0.05, 0.1) is 13.7 Å². The minimum Gasteiger partial charge on any atom is -0.496 e. The number of carbonyl (C=O) groups excluding carboxylic acids is 1. The lowest BCUT2D eigenvalue weighted by Gasteiger charge is -2.26. The second-order valence-electron chi connectivity index (χ2n) is 5.81. The van der Waals surface area contributed by atoms with Crippen molar-refractivity contribution in [1.29, 1.82) is 0 Å². The van der Waals surface area contributed by atoms with Gasteiger partial charge in [-0.3, -0.25) is 4.79 Å². The zero-order valence-electron chi connectivity index (χ0n) is 12.3. The van der Waals surface area contributed by atoms with Crippen LogP contribution in [-0.2, 0) is 6.42 Å². The van der Waals surface area contributed by atoms with Crippen molar-refractivity contribution in [3.63, 3.8) is 0 Å². The zero-order valence-corrected chi connectivity index (χ0v) is 12.3. The summed E-state index contributed by atoms with van der Waals surface area (Å²) in [6.45, 7) is 0.528. The molecule has 0 radical (unpaired) electrons. The number of ether oxygens (including phenoxy) is 1. The van der Waals surface area contributed by atoms with Gasteiger partial charge in [-0.25, -0.2) is 0 Å². The number of methoxy groups -OCH3 is 1. The van der Waals surface area contributed by atoms with Gasteiger partial charge in [0, 0.05) is 23.5 Å². The van der Waals surface area contributed by atoms with Crippen molar-refractivity contribution in [1.82, 2.24) is 0 Å². The van der Waals surface area contributed by atoms with Crippen molar-refractivity contribution in [2.24, 2.45) is 10.2 Å². The molecular weight excluding hydrogens is 276 g/mol. The molecule has 2 aromatic carbocycles. The first-order chi connectivity index (χ1) is 10.8. The van der Waals surface area contributed by atoms with Crippen molar-refractivity contribution in [2.45, 2.75) is 17.9 Å². The summed E-state index contributed by atoms with van der Waals surface area (Å²) in [7, 11) is 1.65. The molecule has 1 aliphatic heterocycles. The number of carbonyl (C=O) groups is 1. The number of hydrogen-bond donors (Lipinski definition) is 0. The van der Waals surface area contributed by atoms with E-state index in [2.05, 4.69) is 10.2 Å². The summed E-state index contributed by atoms with van der Waals surface area (Å²) >= 11 is 0. The number of Topliss-reactive ketones (excluding diaryl/α,β-unsaturated/α-hetero) is 1. The maximum absolute atomic E-state index is 13.0. The van der Waals surface area contributed by atoms with Crippen LogP contribution in [-0.4, -0.2) is 25.0 Å². The fourth-order valence-electron chi connectivity index (χ4n) is 3.64. The number of para-hydroxylation sites is 1. The Kier molecular flexibility index (Phi) is 2.86. The molecule has 4 heteroatoms. The van der Waals surface area contributed by atoms with Gasteiger partial charge in [0.1, 0.15) is 5.75 Å². The Bertz CT molecular complexity index is 784. The number of benzene rings is 2. The van der Waals surface area contributed by atoms with Gasteiger partial charge in [0.25, 0.3) is 0 Å². The second kappa shape index (κ2) is 4.77. The summed E-state index contributed by atoms with van der Waals surface area (Å²) < 4.78 is 5.48.